The van der Waals surface area contributed by atoms with Crippen LogP contribution in [-0.2, 0) is 0 Å². The van der Waals surface area contributed by atoms with Gasteiger partial charge in [0.1, 0.15) is 0 Å². The van der Waals surface area contributed by atoms with Crippen molar-refractivity contribution in [3.05, 3.63) is 369 Å². The molecule has 0 spiro atoms. The van der Waals surface area contributed by atoms with Gasteiger partial charge in [0.25, 0.3) is 0 Å². The van der Waals surface area contributed by atoms with Gasteiger partial charge in [-0.15, -0.1) is 11.3 Å². The van der Waals surface area contributed by atoms with Crippen LogP contribution < -0.4 is 0 Å². The maximum absolute atomic E-state index is 5.23. The Morgan fingerprint density at radius 1 is 0.257 bits per heavy atom. The Morgan fingerprint density at radius 2 is 0.642 bits per heavy atom. The molecule has 0 atom stereocenters. The van der Waals surface area contributed by atoms with E-state index in [4.69, 9.17) is 24.9 Å². The topological polar surface area (TPSA) is 84.2 Å². The lowest BCUT2D eigenvalue weighted by molar-refractivity contribution is 0.993. The van der Waals surface area contributed by atoms with Crippen molar-refractivity contribution in [2.45, 2.75) is 13.8 Å². The lowest BCUT2D eigenvalue weighted by Crippen LogP contribution is -2.01. The summed E-state index contributed by atoms with van der Waals surface area (Å²) >= 11 is 1.82. The smallest absolute Gasteiger partial charge is 0.235 e. The lowest BCUT2D eigenvalue weighted by Gasteiger charge is -2.12. The summed E-state index contributed by atoms with van der Waals surface area (Å²) in [4.78, 5) is 24.9. The van der Waals surface area contributed by atoms with Gasteiger partial charge in [0.05, 0.1) is 49.8 Å². The van der Waals surface area contributed by atoms with E-state index in [1.54, 1.807) is 0 Å². The van der Waals surface area contributed by atoms with Gasteiger partial charge in [-0.2, -0.15) is 0 Å². The number of aromatic nitrogens is 9. The third-order valence-electron chi connectivity index (χ3n) is 21.5. The molecule has 7 heterocycles. The molecule has 0 bridgehead atoms. The van der Waals surface area contributed by atoms with Gasteiger partial charge in [0.2, 0.25) is 5.95 Å². The largest absolute Gasteiger partial charge is 0.309 e. The highest BCUT2D eigenvalue weighted by atomic mass is 32.1. The summed E-state index contributed by atoms with van der Waals surface area (Å²) in [5.74, 6) is 2.61. The fourth-order valence-electron chi connectivity index (χ4n) is 16.6. The number of benzene rings is 15. The molecule has 0 amide bonds. The van der Waals surface area contributed by atoms with Crippen LogP contribution in [0.1, 0.15) is 11.1 Å². The molecule has 512 valence electrons. The second kappa shape index (κ2) is 25.8. The number of rotatable bonds is 10. The summed E-state index contributed by atoms with van der Waals surface area (Å²) in [6, 6.07) is 125. The highest BCUT2D eigenvalue weighted by Gasteiger charge is 2.23. The van der Waals surface area contributed by atoms with Gasteiger partial charge in [0, 0.05) is 109 Å². The summed E-state index contributed by atoms with van der Waals surface area (Å²) in [5, 5.41) is 12.4. The van der Waals surface area contributed by atoms with Crippen LogP contribution in [0.4, 0.5) is 0 Å². The highest BCUT2D eigenvalue weighted by molar-refractivity contribution is 7.26. The SMILES string of the molecule is Cc1cc(C)c2c(c1)c1cc(-c3ccc4c(c3)c3ccccc3n4-c3ccccc3)ccc1n2-c1ccc(-c2nc(-c3ccccc3)nc(-c3ccccc3)n2)cc1.c1ccc(-n2c3ccccc3c3cc(-c4ccc5c(c4)c4ccccc4n5-c4nccc(-c5cccc6c5sc5ccccc56)n4)ccc32)cc1. The molecule has 0 saturated carbocycles. The van der Waals surface area contributed by atoms with Gasteiger partial charge in [-0.1, -0.05) is 224 Å². The first-order valence-electron chi connectivity index (χ1n) is 36.9. The van der Waals surface area contributed by atoms with Crippen LogP contribution in [0.2, 0.25) is 0 Å². The molecule has 22 aromatic rings. The van der Waals surface area contributed by atoms with Crippen LogP contribution in [0.15, 0.2) is 358 Å². The summed E-state index contributed by atoms with van der Waals surface area (Å²) in [7, 11) is 0. The molecule has 9 nitrogen and oxygen atoms in total. The molecule has 0 aliphatic rings. The molecule has 7 aromatic heterocycles. The van der Waals surface area contributed by atoms with E-state index in [-0.39, 0.29) is 0 Å². The summed E-state index contributed by atoms with van der Waals surface area (Å²) in [5.41, 5.74) is 24.9. The number of thiophene rings is 1. The predicted octanol–water partition coefficient (Wildman–Crippen LogP) is 25.7. The number of hydrogen-bond acceptors (Lipinski definition) is 6. The van der Waals surface area contributed by atoms with E-state index < -0.39 is 0 Å². The normalized spacial score (nSPS) is 11.8. The van der Waals surface area contributed by atoms with Crippen LogP contribution in [0, 0.1) is 13.8 Å². The van der Waals surface area contributed by atoms with E-state index in [9.17, 15) is 0 Å². The zero-order chi connectivity index (χ0) is 72.2. The van der Waals surface area contributed by atoms with Crippen molar-refractivity contribution in [3.8, 4) is 90.7 Å². The maximum Gasteiger partial charge on any atom is 0.235 e. The van der Waals surface area contributed by atoms with E-state index in [2.05, 4.69) is 317 Å². The van der Waals surface area contributed by atoms with Crippen molar-refractivity contribution in [1.29, 1.82) is 0 Å². The van der Waals surface area contributed by atoms with E-state index in [0.29, 0.717) is 23.4 Å². The third kappa shape index (κ3) is 10.7. The van der Waals surface area contributed by atoms with Crippen molar-refractivity contribution in [2.75, 3.05) is 0 Å². The molecule has 0 aliphatic carbocycles. The van der Waals surface area contributed by atoms with Gasteiger partial charge in [-0.25, -0.2) is 24.9 Å². The summed E-state index contributed by atoms with van der Waals surface area (Å²) < 4.78 is 11.9. The molecule has 0 saturated heterocycles. The van der Waals surface area contributed by atoms with Gasteiger partial charge in [0.15, 0.2) is 17.5 Å². The van der Waals surface area contributed by atoms with Crippen LogP contribution in [-0.4, -0.2) is 43.2 Å². The molecule has 109 heavy (non-hydrogen) atoms. The second-order valence-electron chi connectivity index (χ2n) is 28.1. The molecule has 0 fully saturated rings. The number of hydrogen-bond donors (Lipinski definition) is 0. The first kappa shape index (κ1) is 63.3. The van der Waals surface area contributed by atoms with Crippen LogP contribution >= 0.6 is 11.3 Å². The average Bonchev–Trinajstić information content (AvgIpc) is 1.60. The lowest BCUT2D eigenvalue weighted by atomic mass is 10.00. The molecule has 0 unspecified atom stereocenters. The first-order chi connectivity index (χ1) is 53.9. The minimum absolute atomic E-state index is 0.641. The second-order valence-corrected chi connectivity index (χ2v) is 29.1. The summed E-state index contributed by atoms with van der Waals surface area (Å²) in [6.45, 7) is 4.41. The van der Waals surface area contributed by atoms with E-state index in [1.165, 1.54) is 130 Å². The molecule has 0 aliphatic heterocycles. The van der Waals surface area contributed by atoms with Gasteiger partial charge in [-0.3, -0.25) is 4.57 Å². The predicted molar refractivity (Wildman–Crippen MR) is 454 cm³/mol. The Morgan fingerprint density at radius 3 is 1.16 bits per heavy atom. The van der Waals surface area contributed by atoms with Crippen molar-refractivity contribution >= 4 is 119 Å². The average molecular weight is 1410 g/mol. The standard InChI is InChI=1S/C53H37N5.C46H28N4S/c1-34-30-35(2)50-46(31-34)45-33-40(39-24-28-48-44(32-39)43-20-12-13-21-47(43)57(48)41-18-10-5-11-19-41)25-29-49(45)58(50)42-26-22-38(23-27-42)53-55-51(36-14-6-3-7-15-36)54-52(56-53)37-16-8-4-9-17-37;1-2-11-31(12-3-1)49-40-18-7-4-13-32(40)37-27-29(21-23-42(37)49)30-22-24-43-38(28-30)33-14-5-8-19-41(33)50(43)46-47-26-25-39(48-46)36-17-10-16-35-34-15-6-9-20-44(34)51-45(35)36/h3-33H,1-2H3;1-28H. The third-order valence-corrected chi connectivity index (χ3v) is 22.7. The molecule has 0 N–H and O–H groups in total. The molecule has 15 aromatic carbocycles. The summed E-state index contributed by atoms with van der Waals surface area (Å²) in [6.07, 6.45) is 1.89. The first-order valence-corrected chi connectivity index (χ1v) is 37.7. The minimum atomic E-state index is 0.641. The molecule has 0 radical (unpaired) electrons. The van der Waals surface area contributed by atoms with Crippen molar-refractivity contribution in [2.24, 2.45) is 0 Å². The van der Waals surface area contributed by atoms with Crippen molar-refractivity contribution < 1.29 is 0 Å². The van der Waals surface area contributed by atoms with Crippen LogP contribution in [0.5, 0.6) is 0 Å². The molecule has 22 rings (SSSR count). The van der Waals surface area contributed by atoms with Gasteiger partial charge in [-0.05, 0) is 175 Å². The molecule has 10 heteroatoms. The highest BCUT2D eigenvalue weighted by Crippen LogP contribution is 2.44. The van der Waals surface area contributed by atoms with Crippen LogP contribution in [0.25, 0.3) is 198 Å². The van der Waals surface area contributed by atoms with Crippen LogP contribution in [0.3, 0.4) is 0 Å². The fourth-order valence-corrected chi connectivity index (χ4v) is 17.8. The van der Waals surface area contributed by atoms with Crippen molar-refractivity contribution in [1.82, 2.24) is 43.2 Å². The minimum Gasteiger partial charge on any atom is -0.309 e. The van der Waals surface area contributed by atoms with E-state index in [1.807, 2.05) is 84.3 Å². The maximum atomic E-state index is 5.23. The molecular weight excluding hydrogens is 1350 g/mol. The van der Waals surface area contributed by atoms with E-state index in [0.717, 1.165) is 56.0 Å². The van der Waals surface area contributed by atoms with Gasteiger partial charge < -0.3 is 13.7 Å². The fraction of sp³-hybridized carbons (Fsp3) is 0.0202. The zero-order valence-electron chi connectivity index (χ0n) is 59.5. The number of para-hydroxylation sites is 5. The van der Waals surface area contributed by atoms with Gasteiger partial charge >= 0.3 is 0 Å². The Labute approximate surface area is 631 Å². The Balaban J connectivity index is 0.000000140. The Kier molecular flexibility index (Phi) is 15.0. The quantitative estimate of drug-likeness (QED) is 0.136. The number of aryl methyl sites for hydroxylation is 2. The monoisotopic (exact) mass is 1410 g/mol. The Bertz CT molecular complexity index is 7300. The van der Waals surface area contributed by atoms with Crippen molar-refractivity contribution in [3.63, 3.8) is 0 Å². The van der Waals surface area contributed by atoms with E-state index >= 15 is 0 Å². The number of fused-ring (bicyclic) bond motifs is 15. The Hall–Kier alpha value is -14.2. The molecular formula is C99H65N9S. The number of nitrogens with zero attached hydrogens (tertiary/aromatic N) is 9. The zero-order valence-corrected chi connectivity index (χ0v) is 60.3.